The maximum atomic E-state index is 12.0. The van der Waals surface area contributed by atoms with Crippen molar-refractivity contribution in [3.05, 3.63) is 17.0 Å². The summed E-state index contributed by atoms with van der Waals surface area (Å²) in [7, 11) is -3.30. The van der Waals surface area contributed by atoms with Crippen LogP contribution in [0.4, 0.5) is 0 Å². The summed E-state index contributed by atoms with van der Waals surface area (Å²) >= 11 is 1.36. The largest absolute Gasteiger partial charge is 0.250 e. The molecule has 0 unspecified atom stereocenters. The first kappa shape index (κ1) is 14.7. The lowest BCUT2D eigenvalue weighted by Gasteiger charge is -2.12. The Morgan fingerprint density at radius 1 is 1.24 bits per heavy atom. The Kier molecular flexibility index (Phi) is 5.62. The van der Waals surface area contributed by atoms with Gasteiger partial charge in [-0.2, -0.15) is 0 Å². The lowest BCUT2D eigenvalue weighted by Crippen LogP contribution is -2.28. The highest BCUT2D eigenvalue weighted by atomic mass is 32.2. The smallest absolute Gasteiger partial charge is 0.210 e. The molecule has 1 aromatic rings. The van der Waals surface area contributed by atoms with Gasteiger partial charge in [-0.1, -0.05) is 33.6 Å². The third-order valence-electron chi connectivity index (χ3n) is 2.97. The minimum absolute atomic E-state index is 0.426. The zero-order valence-electron chi connectivity index (χ0n) is 10.7. The fourth-order valence-corrected chi connectivity index (χ4v) is 4.02. The van der Waals surface area contributed by atoms with Crippen molar-refractivity contribution in [3.8, 4) is 0 Å². The van der Waals surface area contributed by atoms with E-state index in [4.69, 9.17) is 0 Å². The molecule has 0 bridgehead atoms. The van der Waals surface area contributed by atoms with Crippen molar-refractivity contribution in [3.63, 3.8) is 0 Å². The minimum atomic E-state index is -3.30. The van der Waals surface area contributed by atoms with Gasteiger partial charge in [-0.15, -0.1) is 11.3 Å². The van der Waals surface area contributed by atoms with Gasteiger partial charge in [0.25, 0.3) is 0 Å². The van der Waals surface area contributed by atoms with Crippen LogP contribution in [0.25, 0.3) is 0 Å². The molecule has 0 aliphatic rings. The van der Waals surface area contributed by atoms with Crippen LogP contribution >= 0.6 is 11.3 Å². The predicted molar refractivity (Wildman–Crippen MR) is 73.0 cm³/mol. The maximum Gasteiger partial charge on any atom is 0.250 e. The van der Waals surface area contributed by atoms with Crippen molar-refractivity contribution in [2.75, 3.05) is 6.54 Å². The lowest BCUT2D eigenvalue weighted by molar-refractivity contribution is 0.479. The van der Waals surface area contributed by atoms with Gasteiger partial charge in [-0.05, 0) is 24.5 Å². The van der Waals surface area contributed by atoms with Crippen molar-refractivity contribution >= 4 is 21.4 Å². The van der Waals surface area contributed by atoms with Gasteiger partial charge in [0.2, 0.25) is 10.0 Å². The molecule has 0 aromatic carbocycles. The van der Waals surface area contributed by atoms with E-state index in [9.17, 15) is 8.42 Å². The molecule has 0 atom stereocenters. The van der Waals surface area contributed by atoms with Crippen molar-refractivity contribution in [2.45, 2.75) is 44.2 Å². The summed E-state index contributed by atoms with van der Waals surface area (Å²) in [5, 5.41) is 0. The molecule has 1 rings (SSSR count). The first-order valence-electron chi connectivity index (χ1n) is 6.11. The van der Waals surface area contributed by atoms with Gasteiger partial charge in [-0.3, -0.25) is 0 Å². The highest BCUT2D eigenvalue weighted by Gasteiger charge is 2.17. The van der Waals surface area contributed by atoms with E-state index in [1.54, 1.807) is 6.07 Å². The van der Waals surface area contributed by atoms with Crippen LogP contribution in [0, 0.1) is 5.92 Å². The molecule has 1 aromatic heterocycles. The molecule has 5 heteroatoms. The Morgan fingerprint density at radius 3 is 2.35 bits per heavy atom. The zero-order valence-corrected chi connectivity index (χ0v) is 12.3. The Morgan fingerprint density at radius 2 is 1.88 bits per heavy atom. The molecule has 1 heterocycles. The van der Waals surface area contributed by atoms with Gasteiger partial charge in [0, 0.05) is 11.4 Å². The third-order valence-corrected chi connectivity index (χ3v) is 6.11. The molecule has 0 fully saturated rings. The van der Waals surface area contributed by atoms with E-state index < -0.39 is 10.0 Å². The summed E-state index contributed by atoms with van der Waals surface area (Å²) in [6.45, 7) is 6.74. The number of sulfonamides is 1. The Balaban J connectivity index is 2.68. The number of thiophene rings is 1. The van der Waals surface area contributed by atoms with Crippen LogP contribution in [-0.4, -0.2) is 15.0 Å². The Hall–Kier alpha value is -0.390. The van der Waals surface area contributed by atoms with Crippen LogP contribution in [-0.2, 0) is 16.4 Å². The molecule has 0 saturated heterocycles. The zero-order chi connectivity index (χ0) is 12.9. The quantitative estimate of drug-likeness (QED) is 0.831. The summed E-state index contributed by atoms with van der Waals surface area (Å²) in [6, 6.07) is 3.58. The maximum absolute atomic E-state index is 12.0. The summed E-state index contributed by atoms with van der Waals surface area (Å²) < 4.78 is 27.1. The van der Waals surface area contributed by atoms with Crippen LogP contribution in [0.5, 0.6) is 0 Å². The average molecular weight is 275 g/mol. The fourth-order valence-electron chi connectivity index (χ4n) is 1.57. The molecule has 3 nitrogen and oxygen atoms in total. The highest BCUT2D eigenvalue weighted by molar-refractivity contribution is 7.91. The van der Waals surface area contributed by atoms with Crippen LogP contribution in [0.15, 0.2) is 16.3 Å². The molecule has 0 radical (unpaired) electrons. The van der Waals surface area contributed by atoms with E-state index in [0.717, 1.165) is 24.1 Å². The molecule has 1 N–H and O–H groups in total. The monoisotopic (exact) mass is 275 g/mol. The van der Waals surface area contributed by atoms with Gasteiger partial charge < -0.3 is 0 Å². The molecule has 0 aliphatic carbocycles. The summed E-state index contributed by atoms with van der Waals surface area (Å²) in [5.74, 6) is 0.426. The molecular weight excluding hydrogens is 254 g/mol. The molecule has 0 aliphatic heterocycles. The van der Waals surface area contributed by atoms with Crippen molar-refractivity contribution in [1.82, 2.24) is 4.72 Å². The summed E-state index contributed by atoms with van der Waals surface area (Å²) in [6.07, 6.45) is 2.89. The summed E-state index contributed by atoms with van der Waals surface area (Å²) in [4.78, 5) is 1.10. The predicted octanol–water partition coefficient (Wildman–Crippen LogP) is 3.03. The van der Waals surface area contributed by atoms with Gasteiger partial charge in [-0.25, -0.2) is 13.1 Å². The highest BCUT2D eigenvalue weighted by Crippen LogP contribution is 2.22. The van der Waals surface area contributed by atoms with E-state index in [0.29, 0.717) is 16.7 Å². The first-order valence-corrected chi connectivity index (χ1v) is 8.41. The van der Waals surface area contributed by atoms with Crippen molar-refractivity contribution in [1.29, 1.82) is 0 Å². The summed E-state index contributed by atoms with van der Waals surface area (Å²) in [5.41, 5.74) is 0. The van der Waals surface area contributed by atoms with Crippen molar-refractivity contribution in [2.24, 2.45) is 5.92 Å². The number of hydrogen-bond donors (Lipinski definition) is 1. The first-order chi connectivity index (χ1) is 8.03. The van der Waals surface area contributed by atoms with Gasteiger partial charge in [0.05, 0.1) is 0 Å². The van der Waals surface area contributed by atoms with Crippen LogP contribution < -0.4 is 4.72 Å². The van der Waals surface area contributed by atoms with E-state index >= 15 is 0 Å². The normalized spacial score (nSPS) is 12.2. The van der Waals surface area contributed by atoms with Crippen molar-refractivity contribution < 1.29 is 8.42 Å². The Labute approximate surface area is 108 Å². The number of rotatable bonds is 7. The molecule has 98 valence electrons. The van der Waals surface area contributed by atoms with E-state index in [1.807, 2.05) is 13.0 Å². The van der Waals surface area contributed by atoms with Crippen LogP contribution in [0.2, 0.25) is 0 Å². The molecular formula is C12H21NO2S2. The second-order valence-corrected chi connectivity index (χ2v) is 7.27. The number of hydrogen-bond acceptors (Lipinski definition) is 3. The molecule has 17 heavy (non-hydrogen) atoms. The standard InChI is InChI=1S/C12H21NO2S2/c1-4-10(5-2)9-13-17(14,15)12-8-7-11(6-3)16-12/h7-8,10,13H,4-6,9H2,1-3H3. The van der Waals surface area contributed by atoms with E-state index in [-0.39, 0.29) is 0 Å². The molecule has 0 spiro atoms. The second kappa shape index (κ2) is 6.52. The lowest BCUT2D eigenvalue weighted by atomic mass is 10.0. The van der Waals surface area contributed by atoms with E-state index in [1.165, 1.54) is 11.3 Å². The number of nitrogens with one attached hydrogen (secondary N) is 1. The molecule has 0 amide bonds. The Bertz CT molecular complexity index is 433. The SMILES string of the molecule is CCc1ccc(S(=O)(=O)NCC(CC)CC)s1. The van der Waals surface area contributed by atoms with Gasteiger partial charge in [0.1, 0.15) is 4.21 Å². The van der Waals surface area contributed by atoms with Crippen LogP contribution in [0.3, 0.4) is 0 Å². The third kappa shape index (κ3) is 4.08. The van der Waals surface area contributed by atoms with Gasteiger partial charge >= 0.3 is 0 Å². The minimum Gasteiger partial charge on any atom is -0.210 e. The van der Waals surface area contributed by atoms with Gasteiger partial charge in [0.15, 0.2) is 0 Å². The topological polar surface area (TPSA) is 46.2 Å². The molecule has 0 saturated carbocycles. The second-order valence-electron chi connectivity index (χ2n) is 4.11. The number of aryl methyl sites for hydroxylation is 1. The average Bonchev–Trinajstić information content (AvgIpc) is 2.79. The van der Waals surface area contributed by atoms with E-state index in [2.05, 4.69) is 18.6 Å². The van der Waals surface area contributed by atoms with Crippen LogP contribution in [0.1, 0.15) is 38.5 Å². The fraction of sp³-hybridized carbons (Fsp3) is 0.667.